The maximum atomic E-state index is 8.63. The first-order chi connectivity index (χ1) is 11.9. The lowest BCUT2D eigenvalue weighted by Crippen LogP contribution is -2.05. The van der Waals surface area contributed by atoms with Gasteiger partial charge in [0.05, 0.1) is 5.39 Å². The molecular formula is C19H15NO4S. The molecule has 4 rings (SSSR count). The van der Waals surface area contributed by atoms with Gasteiger partial charge in [0.2, 0.25) is 21.4 Å². The minimum atomic E-state index is -4.92. The van der Waals surface area contributed by atoms with Crippen LogP contribution in [0.25, 0.3) is 32.9 Å². The second kappa shape index (κ2) is 6.98. The molecule has 0 aliphatic rings. The number of nitrogens with one attached hydrogen (secondary N) is 1. The highest BCUT2D eigenvalue weighted by atomic mass is 32.3. The zero-order valence-corrected chi connectivity index (χ0v) is 13.9. The minimum Gasteiger partial charge on any atom is -0.726 e. The van der Waals surface area contributed by atoms with Gasteiger partial charge in [-0.2, -0.15) is 0 Å². The molecular weight excluding hydrogens is 338 g/mol. The zero-order valence-electron chi connectivity index (χ0n) is 13.1. The van der Waals surface area contributed by atoms with E-state index >= 15 is 0 Å². The first kappa shape index (κ1) is 17.0. The number of hydrogen-bond acceptors (Lipinski definition) is 3. The van der Waals surface area contributed by atoms with E-state index in [-0.39, 0.29) is 0 Å². The van der Waals surface area contributed by atoms with Crippen molar-refractivity contribution in [3.05, 3.63) is 78.9 Å². The fraction of sp³-hybridized carbons (Fsp3) is 0. The number of hydrogen-bond donors (Lipinski definition) is 1. The van der Waals surface area contributed by atoms with Gasteiger partial charge in [0.25, 0.3) is 0 Å². The normalized spacial score (nSPS) is 11.1. The van der Waals surface area contributed by atoms with Gasteiger partial charge in [0, 0.05) is 17.5 Å². The average Bonchev–Trinajstić information content (AvgIpc) is 2.59. The summed E-state index contributed by atoms with van der Waals surface area (Å²) in [5.41, 5.74) is 4.86. The number of fused-ring (bicyclic) bond motifs is 2. The fourth-order valence-corrected chi connectivity index (χ4v) is 2.74. The van der Waals surface area contributed by atoms with E-state index in [2.05, 4.69) is 83.8 Å². The van der Waals surface area contributed by atoms with E-state index in [1.165, 1.54) is 32.9 Å². The third-order valence-electron chi connectivity index (χ3n) is 3.72. The van der Waals surface area contributed by atoms with E-state index < -0.39 is 10.4 Å². The van der Waals surface area contributed by atoms with Crippen molar-refractivity contribution in [1.29, 1.82) is 0 Å². The van der Waals surface area contributed by atoms with Gasteiger partial charge < -0.3 is 4.55 Å². The van der Waals surface area contributed by atoms with Crippen molar-refractivity contribution < 1.29 is 22.5 Å². The van der Waals surface area contributed by atoms with Crippen molar-refractivity contribution in [2.45, 2.75) is 0 Å². The van der Waals surface area contributed by atoms with E-state index in [0.717, 1.165) is 0 Å². The Balaban J connectivity index is 0.000000324. The Labute approximate surface area is 145 Å². The van der Waals surface area contributed by atoms with Crippen LogP contribution in [0.4, 0.5) is 0 Å². The van der Waals surface area contributed by atoms with Crippen LogP contribution in [0.2, 0.25) is 0 Å². The first-order valence-electron chi connectivity index (χ1n) is 7.49. The van der Waals surface area contributed by atoms with Gasteiger partial charge in [-0.15, -0.1) is 0 Å². The maximum Gasteiger partial charge on any atom is 0.215 e. The topological polar surface area (TPSA) is 91.6 Å². The number of benzene rings is 3. The molecule has 2 N–H and O–H groups in total. The summed E-state index contributed by atoms with van der Waals surface area (Å²) in [6.45, 7) is 0. The van der Waals surface area contributed by atoms with Gasteiger partial charge in [-0.05, 0) is 23.3 Å². The van der Waals surface area contributed by atoms with Crippen molar-refractivity contribution in [2.75, 3.05) is 0 Å². The number of H-pyrrole nitrogens is 1. The van der Waals surface area contributed by atoms with E-state index in [0.29, 0.717) is 0 Å². The Bertz CT molecular complexity index is 1120. The molecule has 0 atom stereocenters. The Morgan fingerprint density at radius 2 is 1.40 bits per heavy atom. The summed E-state index contributed by atoms with van der Waals surface area (Å²) >= 11 is 0. The number of aromatic amines is 1. The van der Waals surface area contributed by atoms with E-state index in [4.69, 9.17) is 17.5 Å². The van der Waals surface area contributed by atoms with Crippen molar-refractivity contribution >= 4 is 32.2 Å². The predicted octanol–water partition coefficient (Wildman–Crippen LogP) is 3.48. The lowest BCUT2D eigenvalue weighted by atomic mass is 9.99. The number of para-hydroxylation sites is 1. The van der Waals surface area contributed by atoms with Crippen molar-refractivity contribution in [3.8, 4) is 11.1 Å². The quantitative estimate of drug-likeness (QED) is 0.322. The molecule has 6 heteroatoms. The van der Waals surface area contributed by atoms with Crippen molar-refractivity contribution in [3.63, 3.8) is 0 Å². The lowest BCUT2D eigenvalue weighted by Gasteiger charge is -2.04. The molecule has 3 aromatic carbocycles. The molecule has 0 fully saturated rings. The summed E-state index contributed by atoms with van der Waals surface area (Å²) in [5, 5.41) is 2.50. The molecule has 0 radical (unpaired) electrons. The highest BCUT2D eigenvalue weighted by Gasteiger charge is 2.10. The average molecular weight is 353 g/mol. The molecule has 126 valence electrons. The summed E-state index contributed by atoms with van der Waals surface area (Å²) in [6.07, 6.45) is 0. The van der Waals surface area contributed by atoms with Crippen LogP contribution in [-0.4, -0.2) is 17.5 Å². The van der Waals surface area contributed by atoms with Crippen molar-refractivity contribution in [1.82, 2.24) is 0 Å². The summed E-state index contributed by atoms with van der Waals surface area (Å²) in [5.74, 6) is 0. The molecule has 5 nitrogen and oxygen atoms in total. The van der Waals surface area contributed by atoms with Crippen LogP contribution in [0.5, 0.6) is 0 Å². The second-order valence-electron chi connectivity index (χ2n) is 5.42. The van der Waals surface area contributed by atoms with Crippen molar-refractivity contribution in [2.24, 2.45) is 0 Å². The number of pyridine rings is 1. The van der Waals surface area contributed by atoms with Gasteiger partial charge in [0.1, 0.15) is 0 Å². The molecule has 0 saturated carbocycles. The highest BCUT2D eigenvalue weighted by molar-refractivity contribution is 7.79. The molecule has 25 heavy (non-hydrogen) atoms. The van der Waals surface area contributed by atoms with Crippen LogP contribution in [0, 0.1) is 0 Å². The minimum absolute atomic E-state index is 1.17. The van der Waals surface area contributed by atoms with E-state index in [1.807, 2.05) is 0 Å². The molecule has 0 unspecified atom stereocenters. The standard InChI is InChI=1S/C19H13N.H2O4S/c1-2-7-14(8-3-1)16-10-6-12-19-17(16)13-15-9-4-5-11-18(15)20-19;1-5(2,3)4/h1-13H;(H2,1,2,3,4). The maximum absolute atomic E-state index is 8.63. The lowest BCUT2D eigenvalue weighted by molar-refractivity contribution is -0.310. The van der Waals surface area contributed by atoms with Crippen LogP contribution in [0.3, 0.4) is 0 Å². The third kappa shape index (κ3) is 4.39. The molecule has 0 aliphatic carbocycles. The third-order valence-corrected chi connectivity index (χ3v) is 3.72. The fourth-order valence-electron chi connectivity index (χ4n) is 2.74. The summed E-state index contributed by atoms with van der Waals surface area (Å²) < 4.78 is 32.8. The summed E-state index contributed by atoms with van der Waals surface area (Å²) in [6, 6.07) is 27.6. The van der Waals surface area contributed by atoms with Crippen LogP contribution < -0.4 is 4.98 Å². The molecule has 0 bridgehead atoms. The molecule has 0 saturated heterocycles. The Hall–Kier alpha value is -2.80. The molecule has 4 aromatic rings. The van der Waals surface area contributed by atoms with Crippen LogP contribution in [0.1, 0.15) is 0 Å². The summed E-state index contributed by atoms with van der Waals surface area (Å²) in [7, 11) is -4.92. The Morgan fingerprint density at radius 3 is 2.12 bits per heavy atom. The van der Waals surface area contributed by atoms with Gasteiger partial charge in [-0.3, -0.25) is 4.55 Å². The monoisotopic (exact) mass is 353 g/mol. The SMILES string of the molecule is O=S(=O)([O-])O.c1ccc(-c2cccc3[nH+]c4ccccc4cc23)cc1. The molecule has 1 aromatic heterocycles. The Kier molecular flexibility index (Phi) is 4.76. The first-order valence-corrected chi connectivity index (χ1v) is 8.86. The second-order valence-corrected chi connectivity index (χ2v) is 6.27. The molecule has 0 amide bonds. The van der Waals surface area contributed by atoms with Crippen LogP contribution >= 0.6 is 0 Å². The molecule has 0 spiro atoms. The molecule has 1 heterocycles. The van der Waals surface area contributed by atoms with E-state index in [1.54, 1.807) is 0 Å². The van der Waals surface area contributed by atoms with Crippen LogP contribution in [0.15, 0.2) is 78.9 Å². The Morgan fingerprint density at radius 1 is 0.800 bits per heavy atom. The van der Waals surface area contributed by atoms with Gasteiger partial charge in [0.15, 0.2) is 0 Å². The zero-order chi connectivity index (χ0) is 17.9. The highest BCUT2D eigenvalue weighted by Crippen LogP contribution is 2.28. The van der Waals surface area contributed by atoms with Gasteiger partial charge in [-0.1, -0.05) is 54.6 Å². The summed E-state index contributed by atoms with van der Waals surface area (Å²) in [4.78, 5) is 3.52. The largest absolute Gasteiger partial charge is 0.726 e. The van der Waals surface area contributed by atoms with Gasteiger partial charge >= 0.3 is 0 Å². The van der Waals surface area contributed by atoms with Gasteiger partial charge in [-0.25, -0.2) is 13.4 Å². The number of aromatic nitrogens is 1. The smallest absolute Gasteiger partial charge is 0.215 e. The van der Waals surface area contributed by atoms with Crippen LogP contribution in [-0.2, 0) is 10.4 Å². The number of rotatable bonds is 1. The predicted molar refractivity (Wildman–Crippen MR) is 95.8 cm³/mol. The van der Waals surface area contributed by atoms with E-state index in [9.17, 15) is 0 Å². The molecule has 0 aliphatic heterocycles.